The van der Waals surface area contributed by atoms with Crippen molar-refractivity contribution in [3.63, 3.8) is 0 Å². The van der Waals surface area contributed by atoms with E-state index in [4.69, 9.17) is 23.1 Å². The van der Waals surface area contributed by atoms with Crippen LogP contribution in [-0.2, 0) is 0 Å². The van der Waals surface area contributed by atoms with Crippen molar-refractivity contribution in [2.45, 2.75) is 0 Å². The summed E-state index contributed by atoms with van der Waals surface area (Å²) in [6, 6.07) is 7.43. The molecule has 0 amide bonds. The number of aliphatic imine (C=N–C) groups is 1. The summed E-state index contributed by atoms with van der Waals surface area (Å²) in [5.41, 5.74) is 10.6. The van der Waals surface area contributed by atoms with Crippen LogP contribution >= 0.6 is 11.6 Å². The number of anilines is 2. The van der Waals surface area contributed by atoms with Gasteiger partial charge in [-0.2, -0.15) is 15.2 Å². The van der Waals surface area contributed by atoms with Crippen LogP contribution in [0.3, 0.4) is 0 Å². The van der Waals surface area contributed by atoms with Crippen LogP contribution in [0.5, 0.6) is 0 Å². The van der Waals surface area contributed by atoms with Crippen LogP contribution < -0.4 is 17.0 Å². The molecule has 0 aliphatic heterocycles. The average molecular weight is 436 g/mol. The van der Waals surface area contributed by atoms with Gasteiger partial charge in [0.1, 0.15) is 28.8 Å². The molecule has 0 bridgehead atoms. The van der Waals surface area contributed by atoms with Gasteiger partial charge in [-0.1, -0.05) is 11.6 Å². The van der Waals surface area contributed by atoms with Gasteiger partial charge < -0.3 is 11.5 Å². The Morgan fingerprint density at radius 3 is 2.74 bits per heavy atom. The second-order valence-corrected chi connectivity index (χ2v) is 6.52. The summed E-state index contributed by atoms with van der Waals surface area (Å²) >= 11 is 6.14. The van der Waals surface area contributed by atoms with E-state index in [9.17, 15) is 14.4 Å². The third kappa shape index (κ3) is 3.52. The van der Waals surface area contributed by atoms with Crippen LogP contribution in [0.4, 0.5) is 22.0 Å². The Morgan fingerprint density at radius 1 is 1.23 bits per heavy atom. The largest absolute Gasteiger partial charge is 0.382 e. The number of nitrogen functional groups attached to an aromatic ring is 2. The average Bonchev–Trinajstić information content (AvgIpc) is 2.75. The first-order valence-corrected chi connectivity index (χ1v) is 8.97. The minimum absolute atomic E-state index is 0.0399. The van der Waals surface area contributed by atoms with Gasteiger partial charge in [0.05, 0.1) is 28.5 Å². The van der Waals surface area contributed by atoms with Crippen molar-refractivity contribution in [2.75, 3.05) is 11.5 Å². The molecular formula is C19H11ClFN9O. The number of nitriles is 1. The topological polar surface area (TPSA) is 162 Å². The SMILES string of the molecule is N#Cc1c(N)nc(N)nc1N=Cc1nc2c(F)ccc(Cl)c2c(=O)n1-c1cccnc1. The minimum atomic E-state index is -0.738. The zero-order valence-electron chi connectivity index (χ0n) is 15.5. The third-order valence-electron chi connectivity index (χ3n) is 4.20. The molecule has 1 aromatic carbocycles. The van der Waals surface area contributed by atoms with E-state index < -0.39 is 11.4 Å². The molecule has 0 radical (unpaired) electrons. The first-order valence-electron chi connectivity index (χ1n) is 8.59. The molecule has 152 valence electrons. The van der Waals surface area contributed by atoms with Crippen molar-refractivity contribution in [1.29, 1.82) is 5.26 Å². The lowest BCUT2D eigenvalue weighted by atomic mass is 10.2. The first kappa shape index (κ1) is 19.9. The lowest BCUT2D eigenvalue weighted by Gasteiger charge is -2.11. The number of hydrogen-bond acceptors (Lipinski definition) is 9. The van der Waals surface area contributed by atoms with Gasteiger partial charge in [-0.15, -0.1) is 0 Å². The number of hydrogen-bond donors (Lipinski definition) is 2. The van der Waals surface area contributed by atoms with Crippen LogP contribution in [0.2, 0.25) is 5.02 Å². The van der Waals surface area contributed by atoms with Crippen molar-refractivity contribution >= 4 is 46.3 Å². The molecule has 0 saturated carbocycles. The Kier molecular flexibility index (Phi) is 4.98. The zero-order chi connectivity index (χ0) is 22.1. The molecule has 3 aromatic heterocycles. The second-order valence-electron chi connectivity index (χ2n) is 6.11. The summed E-state index contributed by atoms with van der Waals surface area (Å²) in [5.74, 6) is -1.29. The van der Waals surface area contributed by atoms with Crippen molar-refractivity contribution in [3.8, 4) is 11.8 Å². The fourth-order valence-corrected chi connectivity index (χ4v) is 3.09. The Hall–Kier alpha value is -4.43. The summed E-state index contributed by atoms with van der Waals surface area (Å²) in [4.78, 5) is 33.1. The van der Waals surface area contributed by atoms with E-state index in [2.05, 4.69) is 24.9 Å². The van der Waals surface area contributed by atoms with Crippen LogP contribution in [0, 0.1) is 17.1 Å². The van der Waals surface area contributed by atoms with Crippen LogP contribution in [0.1, 0.15) is 11.4 Å². The number of nitrogens with zero attached hydrogens (tertiary/aromatic N) is 7. The highest BCUT2D eigenvalue weighted by Gasteiger charge is 2.17. The Balaban J connectivity index is 2.03. The molecule has 0 aliphatic rings. The molecule has 10 nitrogen and oxygen atoms in total. The van der Waals surface area contributed by atoms with Crippen molar-refractivity contribution < 1.29 is 4.39 Å². The van der Waals surface area contributed by atoms with Crippen molar-refractivity contribution in [2.24, 2.45) is 4.99 Å². The van der Waals surface area contributed by atoms with E-state index in [1.807, 2.05) is 6.07 Å². The molecule has 0 saturated heterocycles. The Morgan fingerprint density at radius 2 is 2.03 bits per heavy atom. The predicted molar refractivity (Wildman–Crippen MR) is 113 cm³/mol. The molecule has 0 fully saturated rings. The van der Waals surface area contributed by atoms with E-state index in [1.54, 1.807) is 12.1 Å². The summed E-state index contributed by atoms with van der Waals surface area (Å²) in [7, 11) is 0. The first-order chi connectivity index (χ1) is 14.9. The van der Waals surface area contributed by atoms with Gasteiger partial charge in [0.15, 0.2) is 11.6 Å². The third-order valence-corrected chi connectivity index (χ3v) is 4.52. The predicted octanol–water partition coefficient (Wildman–Crippen LogP) is 2.15. The van der Waals surface area contributed by atoms with Gasteiger partial charge in [-0.05, 0) is 24.3 Å². The van der Waals surface area contributed by atoms with E-state index in [1.165, 1.54) is 18.5 Å². The van der Waals surface area contributed by atoms with Gasteiger partial charge in [0.2, 0.25) is 5.95 Å². The lowest BCUT2D eigenvalue weighted by Crippen LogP contribution is -2.24. The van der Waals surface area contributed by atoms with Gasteiger partial charge in [0.25, 0.3) is 5.56 Å². The van der Waals surface area contributed by atoms with E-state index in [0.717, 1.165) is 16.8 Å². The number of rotatable bonds is 3. The molecule has 31 heavy (non-hydrogen) atoms. The lowest BCUT2D eigenvalue weighted by molar-refractivity contribution is 0.635. The number of aromatic nitrogens is 5. The maximum Gasteiger partial charge on any atom is 0.267 e. The molecule has 3 heterocycles. The number of pyridine rings is 1. The Labute approximate surface area is 178 Å². The fourth-order valence-electron chi connectivity index (χ4n) is 2.86. The second kappa shape index (κ2) is 7.77. The molecule has 12 heteroatoms. The normalized spacial score (nSPS) is 11.1. The molecule has 4 N–H and O–H groups in total. The van der Waals surface area contributed by atoms with E-state index >= 15 is 0 Å². The standard InChI is InChI=1S/C19H11ClFN9O/c20-11-3-4-12(21)15-14(11)18(31)30(9-2-1-5-25-7-9)13(27-15)8-26-17-10(6-22)16(23)28-19(24)29-17/h1-5,7-8H,(H4,23,24,28,29). The van der Waals surface area contributed by atoms with Crippen LogP contribution in [0.25, 0.3) is 16.6 Å². The smallest absolute Gasteiger partial charge is 0.267 e. The number of fused-ring (bicyclic) bond motifs is 1. The minimum Gasteiger partial charge on any atom is -0.382 e. The summed E-state index contributed by atoms with van der Waals surface area (Å²) in [6.45, 7) is 0. The van der Waals surface area contributed by atoms with Gasteiger partial charge in [-0.3, -0.25) is 14.3 Å². The molecular weight excluding hydrogens is 425 g/mol. The molecule has 0 aliphatic carbocycles. The molecule has 0 atom stereocenters. The van der Waals surface area contributed by atoms with E-state index in [0.29, 0.717) is 5.69 Å². The number of nitrogens with two attached hydrogens (primary N) is 2. The molecule has 4 aromatic rings. The highest BCUT2D eigenvalue weighted by atomic mass is 35.5. The van der Waals surface area contributed by atoms with E-state index in [-0.39, 0.29) is 44.9 Å². The van der Waals surface area contributed by atoms with Gasteiger partial charge in [-0.25, -0.2) is 14.4 Å². The fraction of sp³-hybridized carbons (Fsp3) is 0. The monoisotopic (exact) mass is 435 g/mol. The van der Waals surface area contributed by atoms with Crippen molar-refractivity contribution in [3.05, 3.63) is 69.2 Å². The number of benzene rings is 1. The quantitative estimate of drug-likeness (QED) is 0.462. The summed E-state index contributed by atoms with van der Waals surface area (Å²) in [5, 5.41) is 9.24. The highest BCUT2D eigenvalue weighted by molar-refractivity contribution is 6.35. The van der Waals surface area contributed by atoms with Gasteiger partial charge in [0, 0.05) is 6.20 Å². The van der Waals surface area contributed by atoms with Crippen molar-refractivity contribution in [1.82, 2.24) is 24.5 Å². The maximum absolute atomic E-state index is 14.4. The molecule has 4 rings (SSSR count). The zero-order valence-corrected chi connectivity index (χ0v) is 16.2. The molecule has 0 spiro atoms. The highest BCUT2D eigenvalue weighted by Crippen LogP contribution is 2.24. The number of halogens is 2. The van der Waals surface area contributed by atoms with Crippen LogP contribution in [-0.4, -0.2) is 30.7 Å². The van der Waals surface area contributed by atoms with Crippen LogP contribution in [0.15, 0.2) is 46.4 Å². The summed E-state index contributed by atoms with van der Waals surface area (Å²) < 4.78 is 15.6. The maximum atomic E-state index is 14.4. The Bertz CT molecular complexity index is 1460. The molecule has 0 unspecified atom stereocenters. The summed E-state index contributed by atoms with van der Waals surface area (Å²) in [6.07, 6.45) is 4.08. The van der Waals surface area contributed by atoms with Gasteiger partial charge >= 0.3 is 0 Å².